The molecule has 0 rings (SSSR count). The highest BCUT2D eigenvalue weighted by molar-refractivity contribution is 5.69. The number of ether oxygens (including phenoxy) is 2. The molecule has 0 aliphatic heterocycles. The Kier molecular flexibility index (Phi) is 35.2. The standard InChI is InChI=1S/C38H74O4/c1-3-5-7-27-31-35-41-37(39)33-29-25-23-21-19-17-15-13-11-9-10-12-14-16-18-20-22-24-26-30-34-38(40)42-36-32-28-8-6-4-2/h3-36H2,1-2H3. The van der Waals surface area contributed by atoms with Gasteiger partial charge in [-0.1, -0.05) is 181 Å². The highest BCUT2D eigenvalue weighted by atomic mass is 16.5. The normalized spacial score (nSPS) is 11.2. The highest BCUT2D eigenvalue weighted by Gasteiger charge is 2.04. The van der Waals surface area contributed by atoms with Gasteiger partial charge in [0.1, 0.15) is 0 Å². The van der Waals surface area contributed by atoms with Crippen LogP contribution in [0.2, 0.25) is 0 Å². The van der Waals surface area contributed by atoms with Crippen LogP contribution in [0, 0.1) is 0 Å². The van der Waals surface area contributed by atoms with E-state index in [1.54, 1.807) is 0 Å². The summed E-state index contributed by atoms with van der Waals surface area (Å²) in [6.07, 6.45) is 39.5. The molecule has 0 atom stereocenters. The number of esters is 2. The van der Waals surface area contributed by atoms with E-state index in [9.17, 15) is 9.59 Å². The van der Waals surface area contributed by atoms with Gasteiger partial charge in [0.25, 0.3) is 0 Å². The van der Waals surface area contributed by atoms with E-state index in [-0.39, 0.29) is 11.9 Å². The number of carbonyl (C=O) groups is 2. The molecule has 0 radical (unpaired) electrons. The third-order valence-corrected chi connectivity index (χ3v) is 8.53. The predicted molar refractivity (Wildman–Crippen MR) is 181 cm³/mol. The summed E-state index contributed by atoms with van der Waals surface area (Å²) in [4.78, 5) is 23.5. The summed E-state index contributed by atoms with van der Waals surface area (Å²) >= 11 is 0. The maximum atomic E-state index is 11.8. The van der Waals surface area contributed by atoms with Crippen LogP contribution in [0.25, 0.3) is 0 Å². The zero-order valence-corrected chi connectivity index (χ0v) is 28.7. The minimum absolute atomic E-state index is 0.00697. The molecule has 4 heteroatoms. The van der Waals surface area contributed by atoms with Crippen LogP contribution in [0.15, 0.2) is 0 Å². The summed E-state index contributed by atoms with van der Waals surface area (Å²) in [5.74, 6) is 0.0139. The molecule has 0 saturated heterocycles. The molecule has 0 bridgehead atoms. The van der Waals surface area contributed by atoms with Crippen molar-refractivity contribution >= 4 is 11.9 Å². The lowest BCUT2D eigenvalue weighted by Crippen LogP contribution is -2.05. The second kappa shape index (κ2) is 36.1. The van der Waals surface area contributed by atoms with Crippen LogP contribution >= 0.6 is 0 Å². The SMILES string of the molecule is CCCCCCCOC(=O)CCCCCCCCCCCCCCCCCCCCCCC(=O)OCCCCCCC. The number of rotatable bonds is 35. The van der Waals surface area contributed by atoms with E-state index in [0.29, 0.717) is 26.1 Å². The van der Waals surface area contributed by atoms with Crippen LogP contribution in [-0.4, -0.2) is 25.2 Å². The maximum Gasteiger partial charge on any atom is 0.305 e. The van der Waals surface area contributed by atoms with Crippen LogP contribution in [0.5, 0.6) is 0 Å². The Labute approximate surface area is 263 Å². The largest absolute Gasteiger partial charge is 0.466 e. The molecule has 0 aromatic carbocycles. The summed E-state index contributed by atoms with van der Waals surface area (Å²) < 4.78 is 10.7. The van der Waals surface area contributed by atoms with E-state index in [1.165, 1.54) is 167 Å². The Morgan fingerprint density at radius 1 is 0.310 bits per heavy atom. The molecular weight excluding hydrogens is 520 g/mol. The molecule has 0 amide bonds. The summed E-state index contributed by atoms with van der Waals surface area (Å²) in [5, 5.41) is 0. The fourth-order valence-electron chi connectivity index (χ4n) is 5.65. The van der Waals surface area contributed by atoms with Crippen LogP contribution < -0.4 is 0 Å². The molecule has 0 aliphatic rings. The van der Waals surface area contributed by atoms with Crippen LogP contribution in [0.4, 0.5) is 0 Å². The Bertz CT molecular complexity index is 499. The van der Waals surface area contributed by atoms with Gasteiger partial charge in [-0.3, -0.25) is 9.59 Å². The molecule has 250 valence electrons. The van der Waals surface area contributed by atoms with E-state index in [4.69, 9.17) is 9.47 Å². The molecule has 0 fully saturated rings. The molecule has 42 heavy (non-hydrogen) atoms. The summed E-state index contributed by atoms with van der Waals surface area (Å²) in [6.45, 7) is 5.67. The van der Waals surface area contributed by atoms with Gasteiger partial charge in [-0.05, 0) is 25.7 Å². The zero-order chi connectivity index (χ0) is 30.6. The second-order valence-corrected chi connectivity index (χ2v) is 12.8. The van der Waals surface area contributed by atoms with Crippen molar-refractivity contribution in [1.82, 2.24) is 0 Å². The molecule has 0 aromatic heterocycles. The third-order valence-electron chi connectivity index (χ3n) is 8.53. The van der Waals surface area contributed by atoms with Crippen molar-refractivity contribution in [3.63, 3.8) is 0 Å². The molecule has 0 heterocycles. The molecule has 0 N–H and O–H groups in total. The number of hydrogen-bond acceptors (Lipinski definition) is 4. The predicted octanol–water partition coefficient (Wildman–Crippen LogP) is 12.6. The van der Waals surface area contributed by atoms with Crippen molar-refractivity contribution in [3.05, 3.63) is 0 Å². The van der Waals surface area contributed by atoms with E-state index < -0.39 is 0 Å². The summed E-state index contributed by atoms with van der Waals surface area (Å²) in [7, 11) is 0. The number of hydrogen-bond donors (Lipinski definition) is 0. The van der Waals surface area contributed by atoms with E-state index in [1.807, 2.05) is 0 Å². The molecule has 0 aromatic rings. The fraction of sp³-hybridized carbons (Fsp3) is 0.947. The van der Waals surface area contributed by atoms with Gasteiger partial charge in [0, 0.05) is 12.8 Å². The monoisotopic (exact) mass is 595 g/mol. The average molecular weight is 595 g/mol. The Hall–Kier alpha value is -1.06. The first-order chi connectivity index (χ1) is 20.7. The second-order valence-electron chi connectivity index (χ2n) is 12.8. The van der Waals surface area contributed by atoms with Gasteiger partial charge in [0.2, 0.25) is 0 Å². The first kappa shape index (κ1) is 40.9. The van der Waals surface area contributed by atoms with Crippen molar-refractivity contribution < 1.29 is 19.1 Å². The van der Waals surface area contributed by atoms with Crippen LogP contribution in [-0.2, 0) is 19.1 Å². The van der Waals surface area contributed by atoms with Gasteiger partial charge in [0.15, 0.2) is 0 Å². The smallest absolute Gasteiger partial charge is 0.305 e. The minimum atomic E-state index is 0.00697. The molecule has 0 spiro atoms. The van der Waals surface area contributed by atoms with Crippen molar-refractivity contribution in [3.8, 4) is 0 Å². The zero-order valence-electron chi connectivity index (χ0n) is 28.7. The van der Waals surface area contributed by atoms with E-state index >= 15 is 0 Å². The van der Waals surface area contributed by atoms with Crippen molar-refractivity contribution in [2.45, 2.75) is 219 Å². The molecule has 0 unspecified atom stereocenters. The molecule has 0 saturated carbocycles. The van der Waals surface area contributed by atoms with Gasteiger partial charge >= 0.3 is 11.9 Å². The van der Waals surface area contributed by atoms with Crippen LogP contribution in [0.1, 0.15) is 219 Å². The van der Waals surface area contributed by atoms with Gasteiger partial charge < -0.3 is 9.47 Å². The Morgan fingerprint density at radius 3 is 0.786 bits per heavy atom. The van der Waals surface area contributed by atoms with Crippen molar-refractivity contribution in [2.24, 2.45) is 0 Å². The maximum absolute atomic E-state index is 11.8. The van der Waals surface area contributed by atoms with Gasteiger partial charge in [-0.15, -0.1) is 0 Å². The van der Waals surface area contributed by atoms with Crippen molar-refractivity contribution in [2.75, 3.05) is 13.2 Å². The average Bonchev–Trinajstić information content (AvgIpc) is 2.99. The summed E-state index contributed by atoms with van der Waals surface area (Å²) in [6, 6.07) is 0. The first-order valence-electron chi connectivity index (χ1n) is 19.0. The fourth-order valence-corrected chi connectivity index (χ4v) is 5.65. The Morgan fingerprint density at radius 2 is 0.524 bits per heavy atom. The van der Waals surface area contributed by atoms with E-state index in [2.05, 4.69) is 13.8 Å². The molecule has 4 nitrogen and oxygen atoms in total. The summed E-state index contributed by atoms with van der Waals surface area (Å²) in [5.41, 5.74) is 0. The number of unbranched alkanes of at least 4 members (excludes halogenated alkanes) is 27. The quantitative estimate of drug-likeness (QED) is 0.0541. The van der Waals surface area contributed by atoms with Gasteiger partial charge in [0.05, 0.1) is 13.2 Å². The first-order valence-corrected chi connectivity index (χ1v) is 19.0. The lowest BCUT2D eigenvalue weighted by atomic mass is 10.0. The van der Waals surface area contributed by atoms with Gasteiger partial charge in [-0.2, -0.15) is 0 Å². The van der Waals surface area contributed by atoms with Crippen molar-refractivity contribution in [1.29, 1.82) is 0 Å². The van der Waals surface area contributed by atoms with Crippen LogP contribution in [0.3, 0.4) is 0 Å². The molecule has 0 aliphatic carbocycles. The van der Waals surface area contributed by atoms with E-state index in [0.717, 1.165) is 25.7 Å². The topological polar surface area (TPSA) is 52.6 Å². The Balaban J connectivity index is 3.15. The third kappa shape index (κ3) is 35.1. The van der Waals surface area contributed by atoms with Gasteiger partial charge in [-0.25, -0.2) is 0 Å². The highest BCUT2D eigenvalue weighted by Crippen LogP contribution is 2.15. The lowest BCUT2D eigenvalue weighted by molar-refractivity contribution is -0.144. The molecular formula is C38H74O4. The minimum Gasteiger partial charge on any atom is -0.466 e. The lowest BCUT2D eigenvalue weighted by Gasteiger charge is -2.05. The number of carbonyl (C=O) groups excluding carboxylic acids is 2.